The number of aliphatic hydroxyl groups is 1. The second kappa shape index (κ2) is 5.54. The predicted molar refractivity (Wildman–Crippen MR) is 80.9 cm³/mol. The highest BCUT2D eigenvalue weighted by Crippen LogP contribution is 2.18. The van der Waals surface area contributed by atoms with E-state index in [4.69, 9.17) is 0 Å². The molecule has 1 aromatic heterocycles. The third-order valence-corrected chi connectivity index (χ3v) is 3.05. The Bertz CT molecular complexity index is 598. The molecule has 1 heterocycles. The summed E-state index contributed by atoms with van der Waals surface area (Å²) in [5, 5.41) is 13.7. The highest BCUT2D eigenvalue weighted by atomic mass is 16.3. The van der Waals surface area contributed by atoms with Crippen LogP contribution in [0.25, 0.3) is 10.9 Å². The number of urea groups is 1. The van der Waals surface area contributed by atoms with Crippen molar-refractivity contribution in [1.29, 1.82) is 0 Å². The Morgan fingerprint density at radius 2 is 2.15 bits per heavy atom. The monoisotopic (exact) mass is 275 g/mol. The average Bonchev–Trinajstić information content (AvgIpc) is 2.82. The van der Waals surface area contributed by atoms with Crippen LogP contribution in [0.4, 0.5) is 10.5 Å². The Morgan fingerprint density at radius 3 is 2.80 bits per heavy atom. The van der Waals surface area contributed by atoms with Crippen molar-refractivity contribution in [3.05, 3.63) is 30.5 Å². The summed E-state index contributed by atoms with van der Waals surface area (Å²) in [5.74, 6) is 0. The summed E-state index contributed by atoms with van der Waals surface area (Å²) in [5.41, 5.74) is 0.876. The molecule has 0 spiro atoms. The van der Waals surface area contributed by atoms with Gasteiger partial charge >= 0.3 is 6.03 Å². The number of carbonyl (C=O) groups is 1. The van der Waals surface area contributed by atoms with Gasteiger partial charge in [-0.2, -0.15) is 0 Å². The number of nitrogens with zero attached hydrogens (tertiary/aromatic N) is 1. The van der Waals surface area contributed by atoms with Gasteiger partial charge in [-0.25, -0.2) is 4.79 Å². The van der Waals surface area contributed by atoms with Crippen molar-refractivity contribution in [2.45, 2.75) is 26.4 Å². The van der Waals surface area contributed by atoms with Gasteiger partial charge in [-0.1, -0.05) is 0 Å². The van der Waals surface area contributed by atoms with E-state index in [1.165, 1.54) is 0 Å². The number of aromatic amines is 1. The van der Waals surface area contributed by atoms with Gasteiger partial charge in [0.15, 0.2) is 0 Å². The Morgan fingerprint density at radius 1 is 1.40 bits per heavy atom. The first-order valence-corrected chi connectivity index (χ1v) is 6.74. The van der Waals surface area contributed by atoms with Crippen molar-refractivity contribution in [2.75, 3.05) is 18.4 Å². The first-order chi connectivity index (χ1) is 9.39. The molecule has 3 N–H and O–H groups in total. The molecule has 20 heavy (non-hydrogen) atoms. The lowest BCUT2D eigenvalue weighted by atomic mass is 10.1. The molecule has 0 radical (unpaired) electrons. The number of amides is 2. The molecule has 2 aromatic rings. The zero-order valence-corrected chi connectivity index (χ0v) is 12.1. The fourth-order valence-corrected chi connectivity index (χ4v) is 2.13. The number of fused-ring (bicyclic) bond motifs is 1. The van der Waals surface area contributed by atoms with Gasteiger partial charge in [0.1, 0.15) is 0 Å². The number of hydrogen-bond donors (Lipinski definition) is 3. The Hall–Kier alpha value is -2.01. The van der Waals surface area contributed by atoms with E-state index < -0.39 is 5.60 Å². The molecule has 0 atom stereocenters. The SMILES string of the molecule is CCN(CC(C)(C)O)C(=O)Nc1ccc2[nH]ccc2c1. The molecule has 0 aliphatic carbocycles. The molecular formula is C15H21N3O2. The lowest BCUT2D eigenvalue weighted by molar-refractivity contribution is 0.0501. The number of carbonyl (C=O) groups excluding carboxylic acids is 1. The molecule has 5 nitrogen and oxygen atoms in total. The standard InChI is InChI=1S/C15H21N3O2/c1-4-18(10-15(2,3)20)14(19)17-12-5-6-13-11(9-12)7-8-16-13/h5-9,16,20H,4,10H2,1-3H3,(H,17,19). The quantitative estimate of drug-likeness (QED) is 0.803. The van der Waals surface area contributed by atoms with Crippen molar-refractivity contribution in [1.82, 2.24) is 9.88 Å². The van der Waals surface area contributed by atoms with Crippen LogP contribution >= 0.6 is 0 Å². The third kappa shape index (κ3) is 3.51. The molecule has 1 aromatic carbocycles. The van der Waals surface area contributed by atoms with Crippen molar-refractivity contribution in [3.8, 4) is 0 Å². The van der Waals surface area contributed by atoms with E-state index in [1.54, 1.807) is 18.7 Å². The number of likely N-dealkylation sites (N-methyl/N-ethyl adjacent to an activating group) is 1. The maximum absolute atomic E-state index is 12.2. The second-order valence-corrected chi connectivity index (χ2v) is 5.54. The Labute approximate surface area is 118 Å². The zero-order chi connectivity index (χ0) is 14.8. The molecule has 0 bridgehead atoms. The van der Waals surface area contributed by atoms with E-state index >= 15 is 0 Å². The highest BCUT2D eigenvalue weighted by Gasteiger charge is 2.21. The van der Waals surface area contributed by atoms with Crippen LogP contribution in [0.1, 0.15) is 20.8 Å². The first kappa shape index (κ1) is 14.4. The number of nitrogens with one attached hydrogen (secondary N) is 2. The zero-order valence-electron chi connectivity index (χ0n) is 12.1. The summed E-state index contributed by atoms with van der Waals surface area (Å²) in [7, 11) is 0. The summed E-state index contributed by atoms with van der Waals surface area (Å²) in [6.45, 7) is 6.11. The van der Waals surface area contributed by atoms with E-state index in [0.29, 0.717) is 13.1 Å². The van der Waals surface area contributed by atoms with E-state index in [-0.39, 0.29) is 6.03 Å². The molecular weight excluding hydrogens is 254 g/mol. The van der Waals surface area contributed by atoms with Crippen molar-refractivity contribution < 1.29 is 9.90 Å². The second-order valence-electron chi connectivity index (χ2n) is 5.54. The molecule has 0 unspecified atom stereocenters. The van der Waals surface area contributed by atoms with Gasteiger partial charge in [0.2, 0.25) is 0 Å². The smallest absolute Gasteiger partial charge is 0.321 e. The molecule has 108 valence electrons. The normalized spacial score (nSPS) is 11.6. The van der Waals surface area contributed by atoms with Gasteiger partial charge in [0.25, 0.3) is 0 Å². The molecule has 0 saturated carbocycles. The van der Waals surface area contributed by atoms with Crippen LogP contribution in [0.15, 0.2) is 30.5 Å². The lowest BCUT2D eigenvalue weighted by Gasteiger charge is -2.28. The molecule has 0 saturated heterocycles. The largest absolute Gasteiger partial charge is 0.389 e. The number of aromatic nitrogens is 1. The van der Waals surface area contributed by atoms with Crippen LogP contribution in [0.3, 0.4) is 0 Å². The minimum Gasteiger partial charge on any atom is -0.389 e. The van der Waals surface area contributed by atoms with E-state index in [0.717, 1.165) is 16.6 Å². The minimum atomic E-state index is -0.905. The maximum atomic E-state index is 12.2. The summed E-state index contributed by atoms with van der Waals surface area (Å²) in [4.78, 5) is 16.9. The molecule has 0 aliphatic heterocycles. The number of anilines is 1. The summed E-state index contributed by atoms with van der Waals surface area (Å²) in [6, 6.07) is 7.46. The molecule has 2 rings (SSSR count). The predicted octanol–water partition coefficient (Wildman–Crippen LogP) is 2.79. The first-order valence-electron chi connectivity index (χ1n) is 6.74. The van der Waals surface area contributed by atoms with Crippen LogP contribution in [-0.4, -0.2) is 39.7 Å². The molecule has 0 aliphatic rings. The van der Waals surface area contributed by atoms with Crippen molar-refractivity contribution in [2.24, 2.45) is 0 Å². The summed E-state index contributed by atoms with van der Waals surface area (Å²) < 4.78 is 0. The van der Waals surface area contributed by atoms with Gasteiger partial charge in [0, 0.05) is 29.3 Å². The van der Waals surface area contributed by atoms with E-state index in [1.807, 2.05) is 37.4 Å². The number of hydrogen-bond acceptors (Lipinski definition) is 2. The van der Waals surface area contributed by atoms with E-state index in [9.17, 15) is 9.90 Å². The van der Waals surface area contributed by atoms with Gasteiger partial charge < -0.3 is 20.3 Å². The maximum Gasteiger partial charge on any atom is 0.321 e. The number of rotatable bonds is 4. The molecule has 5 heteroatoms. The number of H-pyrrole nitrogens is 1. The fraction of sp³-hybridized carbons (Fsp3) is 0.400. The van der Waals surface area contributed by atoms with Gasteiger partial charge in [-0.15, -0.1) is 0 Å². The van der Waals surface area contributed by atoms with Gasteiger partial charge in [-0.05, 0) is 45.0 Å². The fourth-order valence-electron chi connectivity index (χ4n) is 2.13. The van der Waals surface area contributed by atoms with E-state index in [2.05, 4.69) is 10.3 Å². The van der Waals surface area contributed by atoms with Crippen LogP contribution in [-0.2, 0) is 0 Å². The third-order valence-electron chi connectivity index (χ3n) is 3.05. The van der Waals surface area contributed by atoms with Crippen LogP contribution < -0.4 is 5.32 Å². The topological polar surface area (TPSA) is 68.4 Å². The average molecular weight is 275 g/mol. The van der Waals surface area contributed by atoms with Crippen LogP contribution in [0.5, 0.6) is 0 Å². The highest BCUT2D eigenvalue weighted by molar-refractivity contribution is 5.92. The van der Waals surface area contributed by atoms with Crippen molar-refractivity contribution >= 4 is 22.6 Å². The summed E-state index contributed by atoms with van der Waals surface area (Å²) >= 11 is 0. The van der Waals surface area contributed by atoms with Gasteiger partial charge in [0.05, 0.1) is 12.1 Å². The molecule has 0 fully saturated rings. The van der Waals surface area contributed by atoms with Crippen LogP contribution in [0.2, 0.25) is 0 Å². The van der Waals surface area contributed by atoms with Crippen molar-refractivity contribution in [3.63, 3.8) is 0 Å². The minimum absolute atomic E-state index is 0.204. The summed E-state index contributed by atoms with van der Waals surface area (Å²) in [6.07, 6.45) is 1.86. The number of benzene rings is 1. The van der Waals surface area contributed by atoms with Gasteiger partial charge in [-0.3, -0.25) is 0 Å². The molecule has 2 amide bonds. The lowest BCUT2D eigenvalue weighted by Crippen LogP contribution is -2.44. The van der Waals surface area contributed by atoms with Crippen LogP contribution in [0, 0.1) is 0 Å². The Kier molecular flexibility index (Phi) is 3.99. The Balaban J connectivity index is 2.09.